The minimum Gasteiger partial charge on any atom is -0.257 e. The number of nitro groups is 1. The highest BCUT2D eigenvalue weighted by Gasteiger charge is 2.10. The Balaban J connectivity index is 2.44. The summed E-state index contributed by atoms with van der Waals surface area (Å²) in [7, 11) is 0. The van der Waals surface area contributed by atoms with E-state index in [2.05, 4.69) is 11.9 Å². The molecule has 1 aromatic rings. The Hall–Kier alpha value is -0.970. The van der Waals surface area contributed by atoms with Crippen molar-refractivity contribution >= 4 is 16.3 Å². The Kier molecular flexibility index (Phi) is 3.82. The van der Waals surface area contributed by atoms with Gasteiger partial charge in [-0.25, -0.2) is 4.98 Å². The van der Waals surface area contributed by atoms with Crippen LogP contribution in [0.25, 0.3) is 0 Å². The molecule has 1 aromatic heterocycles. The Morgan fingerprint density at radius 2 is 2.38 bits per heavy atom. The lowest BCUT2D eigenvalue weighted by Gasteiger charge is -1.92. The lowest BCUT2D eigenvalue weighted by molar-refractivity contribution is -0.380. The third-order valence-electron chi connectivity index (χ3n) is 1.72. The monoisotopic (exact) mass is 200 g/mol. The fourth-order valence-corrected chi connectivity index (χ4v) is 1.80. The SMILES string of the molecule is CCCCCc1ncc([N+](=O)[O-])s1. The molecule has 0 saturated carbocycles. The van der Waals surface area contributed by atoms with Crippen LogP contribution in [0, 0.1) is 10.1 Å². The molecule has 0 fully saturated rings. The Morgan fingerprint density at radius 3 is 2.92 bits per heavy atom. The van der Waals surface area contributed by atoms with Gasteiger partial charge in [-0.05, 0) is 24.2 Å². The van der Waals surface area contributed by atoms with Gasteiger partial charge in [-0.1, -0.05) is 19.8 Å². The number of unbranched alkanes of at least 4 members (excludes halogenated alkanes) is 2. The van der Waals surface area contributed by atoms with Gasteiger partial charge in [0, 0.05) is 0 Å². The number of thiazole rings is 1. The van der Waals surface area contributed by atoms with Gasteiger partial charge in [0.05, 0.1) is 9.93 Å². The fourth-order valence-electron chi connectivity index (χ4n) is 1.03. The first-order valence-electron chi connectivity index (χ1n) is 4.33. The average molecular weight is 200 g/mol. The van der Waals surface area contributed by atoms with Gasteiger partial charge < -0.3 is 0 Å². The molecule has 0 aromatic carbocycles. The highest BCUT2D eigenvalue weighted by atomic mass is 32.1. The summed E-state index contributed by atoms with van der Waals surface area (Å²) in [6.45, 7) is 2.13. The fraction of sp³-hybridized carbons (Fsp3) is 0.625. The summed E-state index contributed by atoms with van der Waals surface area (Å²) in [5, 5.41) is 11.3. The van der Waals surface area contributed by atoms with Gasteiger partial charge in [0.15, 0.2) is 0 Å². The molecule has 0 saturated heterocycles. The normalized spacial score (nSPS) is 10.2. The van der Waals surface area contributed by atoms with E-state index >= 15 is 0 Å². The number of aryl methyl sites for hydroxylation is 1. The summed E-state index contributed by atoms with van der Waals surface area (Å²) in [6.07, 6.45) is 5.60. The predicted molar refractivity (Wildman–Crippen MR) is 52.0 cm³/mol. The van der Waals surface area contributed by atoms with Crippen LogP contribution in [0.2, 0.25) is 0 Å². The smallest absolute Gasteiger partial charge is 0.257 e. The molecule has 1 heterocycles. The van der Waals surface area contributed by atoms with Gasteiger partial charge >= 0.3 is 5.00 Å². The maximum atomic E-state index is 10.3. The number of rotatable bonds is 5. The van der Waals surface area contributed by atoms with E-state index in [1.54, 1.807) is 0 Å². The van der Waals surface area contributed by atoms with E-state index in [1.807, 2.05) is 0 Å². The second-order valence-electron chi connectivity index (χ2n) is 2.81. The second-order valence-corrected chi connectivity index (χ2v) is 3.90. The first-order valence-corrected chi connectivity index (χ1v) is 5.14. The van der Waals surface area contributed by atoms with Gasteiger partial charge in [-0.2, -0.15) is 0 Å². The molecule has 13 heavy (non-hydrogen) atoms. The van der Waals surface area contributed by atoms with Crippen LogP contribution in [0.4, 0.5) is 5.00 Å². The lowest BCUT2D eigenvalue weighted by Crippen LogP contribution is -1.82. The van der Waals surface area contributed by atoms with Crippen molar-refractivity contribution in [3.63, 3.8) is 0 Å². The second kappa shape index (κ2) is 4.91. The van der Waals surface area contributed by atoms with Crippen LogP contribution >= 0.6 is 11.3 Å². The summed E-state index contributed by atoms with van der Waals surface area (Å²) in [4.78, 5) is 13.9. The molecule has 0 bridgehead atoms. The number of hydrogen-bond donors (Lipinski definition) is 0. The Morgan fingerprint density at radius 1 is 1.62 bits per heavy atom. The van der Waals surface area contributed by atoms with Crippen LogP contribution in [-0.4, -0.2) is 9.91 Å². The van der Waals surface area contributed by atoms with E-state index in [-0.39, 0.29) is 9.92 Å². The maximum absolute atomic E-state index is 10.3. The lowest BCUT2D eigenvalue weighted by atomic mass is 10.2. The molecular weight excluding hydrogens is 188 g/mol. The van der Waals surface area contributed by atoms with Crippen LogP contribution < -0.4 is 0 Å². The molecule has 0 aliphatic rings. The topological polar surface area (TPSA) is 56.0 Å². The van der Waals surface area contributed by atoms with Crippen molar-refractivity contribution < 1.29 is 4.92 Å². The van der Waals surface area contributed by atoms with Crippen molar-refractivity contribution in [2.45, 2.75) is 32.6 Å². The first kappa shape index (κ1) is 10.1. The molecule has 5 heteroatoms. The third-order valence-corrected chi connectivity index (χ3v) is 2.72. The third kappa shape index (κ3) is 3.10. The van der Waals surface area contributed by atoms with Crippen LogP contribution in [0.15, 0.2) is 6.20 Å². The molecule has 4 nitrogen and oxygen atoms in total. The summed E-state index contributed by atoms with van der Waals surface area (Å²) < 4.78 is 0. The van der Waals surface area contributed by atoms with Crippen LogP contribution in [0.1, 0.15) is 31.2 Å². The Bertz CT molecular complexity index is 285. The predicted octanol–water partition coefficient (Wildman–Crippen LogP) is 2.78. The number of nitrogens with zero attached hydrogens (tertiary/aromatic N) is 2. The van der Waals surface area contributed by atoms with E-state index in [9.17, 15) is 10.1 Å². The van der Waals surface area contributed by atoms with Crippen molar-refractivity contribution in [3.8, 4) is 0 Å². The highest BCUT2D eigenvalue weighted by Crippen LogP contribution is 2.22. The van der Waals surface area contributed by atoms with Crippen LogP contribution in [0.5, 0.6) is 0 Å². The van der Waals surface area contributed by atoms with Gasteiger partial charge in [0.25, 0.3) is 0 Å². The zero-order chi connectivity index (χ0) is 9.68. The largest absolute Gasteiger partial charge is 0.343 e. The molecule has 0 spiro atoms. The zero-order valence-electron chi connectivity index (χ0n) is 7.52. The molecule has 0 aliphatic heterocycles. The van der Waals surface area contributed by atoms with E-state index in [0.717, 1.165) is 30.7 Å². The van der Waals surface area contributed by atoms with Crippen molar-refractivity contribution in [1.82, 2.24) is 4.98 Å². The molecule has 72 valence electrons. The van der Waals surface area contributed by atoms with Crippen molar-refractivity contribution in [2.75, 3.05) is 0 Å². The summed E-state index contributed by atoms with van der Waals surface area (Å²) in [6, 6.07) is 0. The summed E-state index contributed by atoms with van der Waals surface area (Å²) in [5.74, 6) is 0. The molecule has 0 aliphatic carbocycles. The molecule has 0 radical (unpaired) electrons. The summed E-state index contributed by atoms with van der Waals surface area (Å²) >= 11 is 1.18. The number of hydrogen-bond acceptors (Lipinski definition) is 4. The molecule has 0 atom stereocenters. The van der Waals surface area contributed by atoms with E-state index in [4.69, 9.17) is 0 Å². The van der Waals surface area contributed by atoms with Crippen molar-refractivity contribution in [3.05, 3.63) is 21.3 Å². The first-order chi connectivity index (χ1) is 6.24. The van der Waals surface area contributed by atoms with E-state index in [1.165, 1.54) is 17.5 Å². The zero-order valence-corrected chi connectivity index (χ0v) is 8.34. The highest BCUT2D eigenvalue weighted by molar-refractivity contribution is 7.14. The molecule has 1 rings (SSSR count). The molecule has 0 amide bonds. The quantitative estimate of drug-likeness (QED) is 0.417. The standard InChI is InChI=1S/C8H12N2O2S/c1-2-3-4-5-7-9-6-8(13-7)10(11)12/h6H,2-5H2,1H3. The van der Waals surface area contributed by atoms with Crippen LogP contribution in [-0.2, 0) is 6.42 Å². The van der Waals surface area contributed by atoms with E-state index in [0.29, 0.717) is 0 Å². The molecule has 0 N–H and O–H groups in total. The van der Waals surface area contributed by atoms with Crippen molar-refractivity contribution in [1.29, 1.82) is 0 Å². The van der Waals surface area contributed by atoms with Crippen molar-refractivity contribution in [2.24, 2.45) is 0 Å². The molecule has 0 unspecified atom stereocenters. The van der Waals surface area contributed by atoms with Gasteiger partial charge in [0.2, 0.25) is 0 Å². The minimum absolute atomic E-state index is 0.145. The van der Waals surface area contributed by atoms with Gasteiger partial charge in [-0.3, -0.25) is 10.1 Å². The van der Waals surface area contributed by atoms with Crippen LogP contribution in [0.3, 0.4) is 0 Å². The molecular formula is C8H12N2O2S. The maximum Gasteiger partial charge on any atom is 0.343 e. The van der Waals surface area contributed by atoms with Gasteiger partial charge in [-0.15, -0.1) is 0 Å². The summed E-state index contributed by atoms with van der Waals surface area (Å²) in [5.41, 5.74) is 0. The number of aromatic nitrogens is 1. The van der Waals surface area contributed by atoms with E-state index < -0.39 is 0 Å². The minimum atomic E-state index is -0.388. The Labute approximate surface area is 80.8 Å². The van der Waals surface area contributed by atoms with Gasteiger partial charge in [0.1, 0.15) is 6.20 Å². The average Bonchev–Trinajstić information content (AvgIpc) is 2.53.